The molecular formula is C24H29N3O8S. The second-order valence-corrected chi connectivity index (χ2v) is 10.8. The molecule has 12 heteroatoms. The van der Waals surface area contributed by atoms with Gasteiger partial charge in [-0.1, -0.05) is 53.1 Å². The molecule has 0 amide bonds. The summed E-state index contributed by atoms with van der Waals surface area (Å²) in [4.78, 5) is 2.71. The standard InChI is InChI=1S/C24H29N3O8S/c1-15-9-11-17(12-10-15)36(29,30)32-14-18(26-27-25)19(28)20-21(31-13-16-7-5-4-6-8-16)22-23(33-20)35-24(2,3)34-22/h4-12,18-23,28H,13-14H2,1-3H3/t18-,19-,20-,21+,22-,23-/m1/s1. The predicted octanol–water partition coefficient (Wildman–Crippen LogP) is 3.20. The van der Waals surface area contributed by atoms with E-state index in [0.29, 0.717) is 0 Å². The van der Waals surface area contributed by atoms with E-state index in [9.17, 15) is 13.5 Å². The third kappa shape index (κ3) is 6.05. The summed E-state index contributed by atoms with van der Waals surface area (Å²) < 4.78 is 54.1. The molecule has 0 aliphatic carbocycles. The lowest BCUT2D eigenvalue weighted by molar-refractivity contribution is -0.231. The first-order valence-electron chi connectivity index (χ1n) is 11.4. The Morgan fingerprint density at radius 2 is 1.83 bits per heavy atom. The number of nitrogens with zero attached hydrogens (tertiary/aromatic N) is 3. The average molecular weight is 520 g/mol. The normalized spacial score (nSPS) is 26.7. The summed E-state index contributed by atoms with van der Waals surface area (Å²) in [6.45, 7) is 4.90. The summed E-state index contributed by atoms with van der Waals surface area (Å²) in [5.41, 5.74) is 10.9. The molecule has 2 fully saturated rings. The molecule has 2 aliphatic rings. The van der Waals surface area contributed by atoms with E-state index in [1.807, 2.05) is 37.3 Å². The maximum absolute atomic E-state index is 12.6. The monoisotopic (exact) mass is 519 g/mol. The van der Waals surface area contributed by atoms with Gasteiger partial charge in [-0.25, -0.2) is 0 Å². The molecule has 2 aromatic carbocycles. The minimum absolute atomic E-state index is 0.0537. The Kier molecular flexibility index (Phi) is 7.98. The van der Waals surface area contributed by atoms with Crippen molar-refractivity contribution < 1.29 is 36.7 Å². The van der Waals surface area contributed by atoms with E-state index >= 15 is 0 Å². The van der Waals surface area contributed by atoms with Gasteiger partial charge in [0.05, 0.1) is 30.3 Å². The second kappa shape index (κ2) is 10.8. The first kappa shape index (κ1) is 26.5. The molecule has 0 radical (unpaired) electrons. The van der Waals surface area contributed by atoms with Crippen LogP contribution in [-0.2, 0) is 39.9 Å². The van der Waals surface area contributed by atoms with Crippen LogP contribution in [-0.4, -0.2) is 62.7 Å². The van der Waals surface area contributed by atoms with Crippen LogP contribution in [0.1, 0.15) is 25.0 Å². The largest absolute Gasteiger partial charge is 0.390 e. The highest BCUT2D eigenvalue weighted by Crippen LogP contribution is 2.40. The molecule has 0 bridgehead atoms. The minimum atomic E-state index is -4.15. The lowest BCUT2D eigenvalue weighted by Gasteiger charge is -2.30. The van der Waals surface area contributed by atoms with Crippen molar-refractivity contribution in [2.45, 2.75) is 74.8 Å². The van der Waals surface area contributed by atoms with Crippen molar-refractivity contribution in [1.82, 2.24) is 0 Å². The minimum Gasteiger partial charge on any atom is -0.390 e. The number of azide groups is 1. The van der Waals surface area contributed by atoms with Crippen LogP contribution < -0.4 is 0 Å². The van der Waals surface area contributed by atoms with Crippen LogP contribution in [0, 0.1) is 6.92 Å². The lowest BCUT2D eigenvalue weighted by Crippen LogP contribution is -2.48. The number of rotatable bonds is 10. The molecule has 0 spiro atoms. The molecule has 6 atom stereocenters. The van der Waals surface area contributed by atoms with E-state index in [1.54, 1.807) is 26.0 Å². The first-order chi connectivity index (χ1) is 17.1. The Bertz CT molecular complexity index is 1190. The summed E-state index contributed by atoms with van der Waals surface area (Å²) in [6.07, 6.45) is -4.80. The topological polar surface area (TPSA) is 149 Å². The number of hydrogen-bond acceptors (Lipinski definition) is 9. The molecule has 11 nitrogen and oxygen atoms in total. The molecule has 4 rings (SSSR count). The molecule has 194 valence electrons. The maximum atomic E-state index is 12.6. The van der Waals surface area contributed by atoms with Gasteiger partial charge in [-0.15, -0.1) is 0 Å². The van der Waals surface area contributed by atoms with E-state index in [2.05, 4.69) is 10.0 Å². The molecule has 0 unspecified atom stereocenters. The number of aryl methyl sites for hydroxylation is 1. The fourth-order valence-electron chi connectivity index (χ4n) is 4.15. The van der Waals surface area contributed by atoms with Crippen LogP contribution in [0.2, 0.25) is 0 Å². The summed E-state index contributed by atoms with van der Waals surface area (Å²) >= 11 is 0. The Morgan fingerprint density at radius 3 is 2.50 bits per heavy atom. The highest BCUT2D eigenvalue weighted by Gasteiger charge is 2.57. The number of aliphatic hydroxyl groups excluding tert-OH is 1. The average Bonchev–Trinajstić information content (AvgIpc) is 3.32. The van der Waals surface area contributed by atoms with E-state index < -0.39 is 59.3 Å². The van der Waals surface area contributed by atoms with Crippen LogP contribution in [0.5, 0.6) is 0 Å². The summed E-state index contributed by atoms with van der Waals surface area (Å²) in [6, 6.07) is 14.2. The zero-order chi connectivity index (χ0) is 25.9. The van der Waals surface area contributed by atoms with Crippen LogP contribution in [0.25, 0.3) is 10.4 Å². The fourth-order valence-corrected chi connectivity index (χ4v) is 5.08. The molecule has 1 N–H and O–H groups in total. The van der Waals surface area contributed by atoms with Crippen LogP contribution in [0.3, 0.4) is 0 Å². The van der Waals surface area contributed by atoms with Crippen molar-refractivity contribution in [1.29, 1.82) is 0 Å². The fraction of sp³-hybridized carbons (Fsp3) is 0.500. The quantitative estimate of drug-likeness (QED) is 0.218. The third-order valence-corrected chi connectivity index (χ3v) is 7.24. The molecule has 2 aromatic rings. The SMILES string of the molecule is Cc1ccc(S(=O)(=O)OC[C@@H](N=[N+]=[N-])[C@@H](O)[C@H]2O[C@@H]3OC(C)(C)O[C@@H]3[C@H]2OCc2ccccc2)cc1. The van der Waals surface area contributed by atoms with E-state index in [4.69, 9.17) is 28.7 Å². The Labute approximate surface area is 209 Å². The summed E-state index contributed by atoms with van der Waals surface area (Å²) in [5, 5.41) is 14.7. The van der Waals surface area contributed by atoms with Crippen LogP contribution >= 0.6 is 0 Å². The van der Waals surface area contributed by atoms with Crippen molar-refractivity contribution in [3.63, 3.8) is 0 Å². The van der Waals surface area contributed by atoms with Gasteiger partial charge in [0.2, 0.25) is 0 Å². The number of aliphatic hydroxyl groups is 1. The van der Waals surface area contributed by atoms with Gasteiger partial charge in [-0.3, -0.25) is 4.18 Å². The van der Waals surface area contributed by atoms with Crippen LogP contribution in [0.15, 0.2) is 64.6 Å². The van der Waals surface area contributed by atoms with Gasteiger partial charge < -0.3 is 24.1 Å². The van der Waals surface area contributed by atoms with Gasteiger partial charge in [0.25, 0.3) is 10.1 Å². The molecule has 2 heterocycles. The molecular weight excluding hydrogens is 490 g/mol. The van der Waals surface area contributed by atoms with Crippen molar-refractivity contribution in [2.75, 3.05) is 6.61 Å². The summed E-state index contributed by atoms with van der Waals surface area (Å²) in [5.74, 6) is -0.922. The summed E-state index contributed by atoms with van der Waals surface area (Å²) in [7, 11) is -4.15. The number of ether oxygens (including phenoxy) is 4. The van der Waals surface area contributed by atoms with Gasteiger partial charge in [0, 0.05) is 4.91 Å². The van der Waals surface area contributed by atoms with Crippen molar-refractivity contribution in [3.05, 3.63) is 76.2 Å². The van der Waals surface area contributed by atoms with E-state index in [1.165, 1.54) is 12.1 Å². The van der Waals surface area contributed by atoms with Gasteiger partial charge in [0.15, 0.2) is 12.1 Å². The molecule has 0 aromatic heterocycles. The number of fused-ring (bicyclic) bond motifs is 1. The zero-order valence-electron chi connectivity index (χ0n) is 20.1. The predicted molar refractivity (Wildman–Crippen MR) is 127 cm³/mol. The van der Waals surface area contributed by atoms with Gasteiger partial charge in [0.1, 0.15) is 18.3 Å². The molecule has 2 saturated heterocycles. The second-order valence-electron chi connectivity index (χ2n) is 9.15. The highest BCUT2D eigenvalue weighted by atomic mass is 32.2. The van der Waals surface area contributed by atoms with Crippen molar-refractivity contribution >= 4 is 10.1 Å². The van der Waals surface area contributed by atoms with Crippen LogP contribution in [0.4, 0.5) is 0 Å². The Hall–Kier alpha value is -2.54. The Morgan fingerprint density at radius 1 is 1.14 bits per heavy atom. The smallest absolute Gasteiger partial charge is 0.296 e. The lowest BCUT2D eigenvalue weighted by atomic mass is 10.0. The van der Waals surface area contributed by atoms with Crippen molar-refractivity contribution in [3.8, 4) is 0 Å². The van der Waals surface area contributed by atoms with E-state index in [-0.39, 0.29) is 11.5 Å². The van der Waals surface area contributed by atoms with Gasteiger partial charge in [-0.2, -0.15) is 8.42 Å². The molecule has 2 aliphatic heterocycles. The molecule has 36 heavy (non-hydrogen) atoms. The first-order valence-corrected chi connectivity index (χ1v) is 12.9. The Balaban J connectivity index is 1.50. The van der Waals surface area contributed by atoms with E-state index in [0.717, 1.165) is 11.1 Å². The third-order valence-electron chi connectivity index (χ3n) is 5.95. The zero-order valence-corrected chi connectivity index (χ0v) is 20.9. The van der Waals surface area contributed by atoms with Gasteiger partial charge in [-0.05, 0) is 44.0 Å². The number of benzene rings is 2. The van der Waals surface area contributed by atoms with Crippen molar-refractivity contribution in [2.24, 2.45) is 5.11 Å². The van der Waals surface area contributed by atoms with Gasteiger partial charge >= 0.3 is 0 Å². The number of hydrogen-bond donors (Lipinski definition) is 1. The maximum Gasteiger partial charge on any atom is 0.296 e. The molecule has 0 saturated carbocycles. The highest BCUT2D eigenvalue weighted by molar-refractivity contribution is 7.86.